The van der Waals surface area contributed by atoms with E-state index < -0.39 is 5.91 Å². The van der Waals surface area contributed by atoms with Crippen molar-refractivity contribution in [2.45, 2.75) is 13.5 Å². The van der Waals surface area contributed by atoms with E-state index in [9.17, 15) is 10.1 Å². The number of methoxy groups -OCH3 is 1. The predicted molar refractivity (Wildman–Crippen MR) is 142 cm³/mol. The zero-order chi connectivity index (χ0) is 24.8. The van der Waals surface area contributed by atoms with E-state index in [1.807, 2.05) is 55.5 Å². The molecule has 0 aliphatic rings. The van der Waals surface area contributed by atoms with Crippen LogP contribution in [0, 0.1) is 18.3 Å². The third-order valence-electron chi connectivity index (χ3n) is 5.46. The molecule has 5 nitrogen and oxygen atoms in total. The molecule has 0 fully saturated rings. The molecule has 0 aromatic heterocycles. The van der Waals surface area contributed by atoms with E-state index >= 15 is 0 Å². The number of aryl methyl sites for hydroxylation is 1. The minimum atomic E-state index is -0.482. The normalized spacial score (nSPS) is 11.1. The number of carbonyl (C=O) groups is 1. The van der Waals surface area contributed by atoms with Gasteiger partial charge in [-0.1, -0.05) is 54.6 Å². The Bertz CT molecular complexity index is 1470. The highest BCUT2D eigenvalue weighted by Gasteiger charge is 2.15. The first-order chi connectivity index (χ1) is 17.0. The Morgan fingerprint density at radius 2 is 1.83 bits per heavy atom. The van der Waals surface area contributed by atoms with Gasteiger partial charge >= 0.3 is 0 Å². The van der Waals surface area contributed by atoms with Crippen LogP contribution in [0.25, 0.3) is 16.8 Å². The SMILES string of the molecule is COc1cc(/C=C(\C#N)C(=O)Nc2cccc(C)c2)cc(Br)c1OCc1cccc2ccccc12. The topological polar surface area (TPSA) is 71.3 Å². The van der Waals surface area contributed by atoms with Gasteiger partial charge in [0.2, 0.25) is 0 Å². The first kappa shape index (κ1) is 24.1. The maximum Gasteiger partial charge on any atom is 0.266 e. The summed E-state index contributed by atoms with van der Waals surface area (Å²) < 4.78 is 12.4. The summed E-state index contributed by atoms with van der Waals surface area (Å²) in [5.41, 5.74) is 3.30. The molecule has 0 aliphatic heterocycles. The molecule has 4 aromatic rings. The van der Waals surface area contributed by atoms with Crippen LogP contribution in [0.5, 0.6) is 11.5 Å². The van der Waals surface area contributed by atoms with Crippen LogP contribution in [0.15, 0.2) is 88.9 Å². The second-order valence-electron chi connectivity index (χ2n) is 7.95. The highest BCUT2D eigenvalue weighted by atomic mass is 79.9. The number of anilines is 1. The molecule has 1 N–H and O–H groups in total. The number of fused-ring (bicyclic) bond motifs is 1. The second-order valence-corrected chi connectivity index (χ2v) is 8.81. The average molecular weight is 527 g/mol. The van der Waals surface area contributed by atoms with Crippen molar-refractivity contribution < 1.29 is 14.3 Å². The van der Waals surface area contributed by atoms with E-state index in [2.05, 4.69) is 39.4 Å². The Balaban J connectivity index is 1.57. The number of halogens is 1. The molecule has 0 bridgehead atoms. The fraction of sp³-hybridized carbons (Fsp3) is 0.103. The van der Waals surface area contributed by atoms with Crippen molar-refractivity contribution in [1.82, 2.24) is 0 Å². The van der Waals surface area contributed by atoms with Gasteiger partial charge in [0.05, 0.1) is 11.6 Å². The first-order valence-electron chi connectivity index (χ1n) is 11.0. The number of hydrogen-bond acceptors (Lipinski definition) is 4. The minimum Gasteiger partial charge on any atom is -0.493 e. The van der Waals surface area contributed by atoms with Gasteiger partial charge in [-0.3, -0.25) is 4.79 Å². The lowest BCUT2D eigenvalue weighted by molar-refractivity contribution is -0.112. The predicted octanol–water partition coefficient (Wildman–Crippen LogP) is 7.04. The van der Waals surface area contributed by atoms with Gasteiger partial charge < -0.3 is 14.8 Å². The third-order valence-corrected chi connectivity index (χ3v) is 6.04. The van der Waals surface area contributed by atoms with Gasteiger partial charge in [0.25, 0.3) is 5.91 Å². The monoisotopic (exact) mass is 526 g/mol. The lowest BCUT2D eigenvalue weighted by atomic mass is 10.1. The number of nitriles is 1. The van der Waals surface area contributed by atoms with Crippen LogP contribution in [0.3, 0.4) is 0 Å². The second kappa shape index (κ2) is 10.9. The van der Waals surface area contributed by atoms with Gasteiger partial charge in [-0.25, -0.2) is 0 Å². The summed E-state index contributed by atoms with van der Waals surface area (Å²) in [4.78, 5) is 12.7. The summed E-state index contributed by atoms with van der Waals surface area (Å²) in [6.45, 7) is 2.29. The van der Waals surface area contributed by atoms with Crippen molar-refractivity contribution in [2.75, 3.05) is 12.4 Å². The summed E-state index contributed by atoms with van der Waals surface area (Å²) in [7, 11) is 1.55. The number of rotatable bonds is 7. The number of nitrogens with zero attached hydrogens (tertiary/aromatic N) is 1. The van der Waals surface area contributed by atoms with Crippen LogP contribution in [0.1, 0.15) is 16.7 Å². The molecule has 6 heteroatoms. The molecule has 35 heavy (non-hydrogen) atoms. The van der Waals surface area contributed by atoms with Crippen molar-refractivity contribution in [3.05, 3.63) is 106 Å². The number of benzene rings is 4. The summed E-state index contributed by atoms with van der Waals surface area (Å²) in [6.07, 6.45) is 1.52. The average Bonchev–Trinajstić information content (AvgIpc) is 2.86. The van der Waals surface area contributed by atoms with Crippen molar-refractivity contribution in [2.24, 2.45) is 0 Å². The molecular weight excluding hydrogens is 504 g/mol. The van der Waals surface area contributed by atoms with Gasteiger partial charge in [0, 0.05) is 5.69 Å². The standard InChI is InChI=1S/C29H23BrN2O3/c1-19-7-5-11-24(13-19)32-29(33)23(17-31)14-20-15-26(30)28(27(16-20)34-2)35-18-22-10-6-9-21-8-3-4-12-25(21)22/h3-16H,18H2,1-2H3,(H,32,33)/b23-14+. The molecule has 0 aliphatic carbocycles. The van der Waals surface area contributed by atoms with Crippen LogP contribution in [0.2, 0.25) is 0 Å². The molecule has 0 unspecified atom stereocenters. The highest BCUT2D eigenvalue weighted by molar-refractivity contribution is 9.10. The molecule has 0 radical (unpaired) electrons. The number of nitrogens with one attached hydrogen (secondary N) is 1. The minimum absolute atomic E-state index is 0.0233. The Kier molecular flexibility index (Phi) is 7.49. The van der Waals surface area contributed by atoms with E-state index in [1.165, 1.54) is 6.08 Å². The molecular formula is C29H23BrN2O3. The van der Waals surface area contributed by atoms with Crippen molar-refractivity contribution in [1.29, 1.82) is 5.26 Å². The van der Waals surface area contributed by atoms with Crippen LogP contribution < -0.4 is 14.8 Å². The zero-order valence-corrected chi connectivity index (χ0v) is 20.9. The van der Waals surface area contributed by atoms with Crippen LogP contribution in [0.4, 0.5) is 5.69 Å². The Hall–Kier alpha value is -4.08. The van der Waals surface area contributed by atoms with E-state index in [1.54, 1.807) is 25.3 Å². The lowest BCUT2D eigenvalue weighted by Gasteiger charge is -2.15. The van der Waals surface area contributed by atoms with Crippen LogP contribution >= 0.6 is 15.9 Å². The maximum atomic E-state index is 12.7. The maximum absolute atomic E-state index is 12.7. The molecule has 0 spiro atoms. The van der Waals surface area contributed by atoms with Gasteiger partial charge in [-0.15, -0.1) is 0 Å². The van der Waals surface area contributed by atoms with Crippen molar-refractivity contribution >= 4 is 44.4 Å². The van der Waals surface area contributed by atoms with Gasteiger partial charge in [0.15, 0.2) is 11.5 Å². The number of amides is 1. The molecule has 0 atom stereocenters. The molecule has 1 amide bonds. The Morgan fingerprint density at radius 1 is 1.06 bits per heavy atom. The van der Waals surface area contributed by atoms with Gasteiger partial charge in [-0.05, 0) is 80.7 Å². The molecule has 4 aromatic carbocycles. The number of carbonyl (C=O) groups excluding carboxylic acids is 1. The zero-order valence-electron chi connectivity index (χ0n) is 19.3. The molecule has 0 saturated carbocycles. The molecule has 174 valence electrons. The van der Waals surface area contributed by atoms with Gasteiger partial charge in [0.1, 0.15) is 18.2 Å². The van der Waals surface area contributed by atoms with Crippen LogP contribution in [-0.4, -0.2) is 13.0 Å². The Morgan fingerprint density at radius 3 is 2.60 bits per heavy atom. The van der Waals surface area contributed by atoms with Gasteiger partial charge in [-0.2, -0.15) is 5.26 Å². The molecule has 0 saturated heterocycles. The first-order valence-corrected chi connectivity index (χ1v) is 11.7. The van der Waals surface area contributed by atoms with E-state index in [4.69, 9.17) is 9.47 Å². The van der Waals surface area contributed by atoms with Crippen molar-refractivity contribution in [3.63, 3.8) is 0 Å². The van der Waals surface area contributed by atoms with Crippen molar-refractivity contribution in [3.8, 4) is 17.6 Å². The van der Waals surface area contributed by atoms with E-state index in [0.717, 1.165) is 21.9 Å². The smallest absolute Gasteiger partial charge is 0.266 e. The molecule has 4 rings (SSSR count). The highest BCUT2D eigenvalue weighted by Crippen LogP contribution is 2.38. The Labute approximate surface area is 212 Å². The summed E-state index contributed by atoms with van der Waals surface area (Å²) in [5, 5.41) is 14.6. The fourth-order valence-electron chi connectivity index (χ4n) is 3.77. The fourth-order valence-corrected chi connectivity index (χ4v) is 4.34. The number of hydrogen-bond donors (Lipinski definition) is 1. The summed E-state index contributed by atoms with van der Waals surface area (Å²) in [6, 6.07) is 27.2. The largest absolute Gasteiger partial charge is 0.493 e. The van der Waals surface area contributed by atoms with E-state index in [-0.39, 0.29) is 5.57 Å². The third kappa shape index (κ3) is 5.71. The summed E-state index contributed by atoms with van der Waals surface area (Å²) >= 11 is 3.56. The summed E-state index contributed by atoms with van der Waals surface area (Å²) in [5.74, 6) is 0.548. The number of ether oxygens (including phenoxy) is 2. The van der Waals surface area contributed by atoms with Crippen LogP contribution in [-0.2, 0) is 11.4 Å². The lowest BCUT2D eigenvalue weighted by Crippen LogP contribution is -2.13. The molecule has 0 heterocycles. The quantitative estimate of drug-likeness (QED) is 0.207. The van der Waals surface area contributed by atoms with E-state index in [0.29, 0.717) is 33.8 Å².